The van der Waals surface area contributed by atoms with Crippen molar-refractivity contribution in [1.29, 1.82) is 0 Å². The molecule has 1 aliphatic heterocycles. The molecule has 0 bridgehead atoms. The van der Waals surface area contributed by atoms with Crippen molar-refractivity contribution in [3.8, 4) is 0 Å². The maximum absolute atomic E-state index is 11.2. The summed E-state index contributed by atoms with van der Waals surface area (Å²) in [5, 5.41) is 9.17. The number of hydrogen-bond acceptors (Lipinski definition) is 3. The molecule has 2 fully saturated rings. The van der Waals surface area contributed by atoms with Crippen LogP contribution in [0.5, 0.6) is 0 Å². The van der Waals surface area contributed by atoms with Gasteiger partial charge in [-0.05, 0) is 37.5 Å². The number of carbonyl (C=O) groups is 1. The molecule has 0 amide bonds. The Morgan fingerprint density at radius 1 is 1.35 bits per heavy atom. The van der Waals surface area contributed by atoms with Gasteiger partial charge in [0.15, 0.2) is 0 Å². The summed E-state index contributed by atoms with van der Waals surface area (Å²) in [6, 6.07) is 5.48. The minimum atomic E-state index is -0.893. The van der Waals surface area contributed by atoms with Crippen molar-refractivity contribution in [3.63, 3.8) is 0 Å². The molecule has 4 rings (SSSR count). The molecule has 1 aromatic carbocycles. The molecule has 2 aliphatic rings. The Labute approximate surface area is 116 Å². The highest BCUT2D eigenvalue weighted by molar-refractivity contribution is 5.92. The Bertz CT molecular complexity index is 682. The van der Waals surface area contributed by atoms with Gasteiger partial charge in [-0.3, -0.25) is 0 Å². The summed E-state index contributed by atoms with van der Waals surface area (Å²) >= 11 is 0. The van der Waals surface area contributed by atoms with Crippen LogP contribution in [0.3, 0.4) is 0 Å². The average molecular weight is 272 g/mol. The lowest BCUT2D eigenvalue weighted by atomic mass is 10.2. The predicted octanol–water partition coefficient (Wildman–Crippen LogP) is 2.57. The Balaban J connectivity index is 1.92. The van der Waals surface area contributed by atoms with Crippen molar-refractivity contribution in [1.82, 2.24) is 9.55 Å². The van der Waals surface area contributed by atoms with Crippen LogP contribution in [0.1, 0.15) is 47.4 Å². The maximum Gasteiger partial charge on any atom is 0.335 e. The average Bonchev–Trinajstić information content (AvgIpc) is 3.01. The van der Waals surface area contributed by atoms with E-state index in [4.69, 9.17) is 9.72 Å². The normalized spacial score (nSPS) is 22.5. The quantitative estimate of drug-likeness (QED) is 0.932. The Kier molecular flexibility index (Phi) is 2.57. The first-order valence-corrected chi connectivity index (χ1v) is 7.07. The van der Waals surface area contributed by atoms with Crippen molar-refractivity contribution in [2.45, 2.75) is 31.2 Å². The highest BCUT2D eigenvalue weighted by Crippen LogP contribution is 2.42. The highest BCUT2D eigenvalue weighted by Gasteiger charge is 2.33. The number of hydrogen-bond donors (Lipinski definition) is 1. The Morgan fingerprint density at radius 2 is 2.20 bits per heavy atom. The van der Waals surface area contributed by atoms with Crippen LogP contribution in [-0.4, -0.2) is 33.8 Å². The van der Waals surface area contributed by atoms with Crippen molar-refractivity contribution in [2.24, 2.45) is 0 Å². The summed E-state index contributed by atoms with van der Waals surface area (Å²) in [5.41, 5.74) is 2.14. The maximum atomic E-state index is 11.2. The van der Waals surface area contributed by atoms with Crippen molar-refractivity contribution in [3.05, 3.63) is 29.6 Å². The first-order chi connectivity index (χ1) is 9.74. The van der Waals surface area contributed by atoms with Gasteiger partial charge < -0.3 is 14.4 Å². The topological polar surface area (TPSA) is 64.3 Å². The molecule has 20 heavy (non-hydrogen) atoms. The molecule has 0 radical (unpaired) electrons. The van der Waals surface area contributed by atoms with Gasteiger partial charge in [0.1, 0.15) is 5.82 Å². The fourth-order valence-electron chi connectivity index (χ4n) is 2.98. The number of ether oxygens (including phenoxy) is 1. The summed E-state index contributed by atoms with van der Waals surface area (Å²) in [6.07, 6.45) is 3.34. The zero-order valence-electron chi connectivity index (χ0n) is 11.1. The molecule has 1 N–H and O–H groups in total. The van der Waals surface area contributed by atoms with Crippen molar-refractivity contribution in [2.75, 3.05) is 13.2 Å². The predicted molar refractivity (Wildman–Crippen MR) is 73.1 cm³/mol. The highest BCUT2D eigenvalue weighted by atomic mass is 16.5. The first-order valence-electron chi connectivity index (χ1n) is 7.07. The minimum Gasteiger partial charge on any atom is -0.478 e. The molecular weight excluding hydrogens is 256 g/mol. The number of carboxylic acids is 1. The second-order valence-corrected chi connectivity index (χ2v) is 5.64. The molecule has 1 saturated heterocycles. The second kappa shape index (κ2) is 4.31. The lowest BCUT2D eigenvalue weighted by molar-refractivity contribution is 0.0697. The summed E-state index contributed by atoms with van der Waals surface area (Å²) < 4.78 is 7.73. The molecule has 5 heteroatoms. The molecule has 5 nitrogen and oxygen atoms in total. The van der Waals surface area contributed by atoms with Crippen LogP contribution < -0.4 is 0 Å². The van der Waals surface area contributed by atoms with Gasteiger partial charge in [-0.1, -0.05) is 0 Å². The van der Waals surface area contributed by atoms with Gasteiger partial charge in [0, 0.05) is 12.5 Å². The lowest BCUT2D eigenvalue weighted by Gasteiger charge is -2.15. The molecule has 2 heterocycles. The van der Waals surface area contributed by atoms with Crippen molar-refractivity contribution >= 4 is 17.0 Å². The zero-order chi connectivity index (χ0) is 13.7. The van der Waals surface area contributed by atoms with Gasteiger partial charge in [-0.2, -0.15) is 0 Å². The van der Waals surface area contributed by atoms with E-state index < -0.39 is 5.97 Å². The first kappa shape index (κ1) is 11.9. The van der Waals surface area contributed by atoms with E-state index in [1.165, 1.54) is 12.8 Å². The van der Waals surface area contributed by atoms with Gasteiger partial charge in [0.25, 0.3) is 0 Å². The van der Waals surface area contributed by atoms with E-state index in [1.807, 2.05) is 6.07 Å². The zero-order valence-corrected chi connectivity index (χ0v) is 11.1. The van der Waals surface area contributed by atoms with E-state index in [0.717, 1.165) is 29.9 Å². The van der Waals surface area contributed by atoms with E-state index in [1.54, 1.807) is 12.1 Å². The van der Waals surface area contributed by atoms with Crippen LogP contribution >= 0.6 is 0 Å². The molecule has 0 spiro atoms. The molecule has 1 aromatic heterocycles. The number of aromatic nitrogens is 2. The minimum absolute atomic E-state index is 0.291. The van der Waals surface area contributed by atoms with E-state index >= 15 is 0 Å². The summed E-state index contributed by atoms with van der Waals surface area (Å²) in [4.78, 5) is 15.9. The van der Waals surface area contributed by atoms with Crippen LogP contribution in [-0.2, 0) is 4.74 Å². The summed E-state index contributed by atoms with van der Waals surface area (Å²) in [6.45, 7) is 1.47. The fourth-order valence-corrected chi connectivity index (χ4v) is 2.98. The number of fused-ring (bicyclic) bond motifs is 1. The SMILES string of the molecule is O=C(O)c1ccc2nc(C3CC3)n(C3CCOC3)c2c1. The van der Waals surface area contributed by atoms with E-state index in [9.17, 15) is 9.90 Å². The van der Waals surface area contributed by atoms with Gasteiger partial charge >= 0.3 is 5.97 Å². The van der Waals surface area contributed by atoms with E-state index in [2.05, 4.69) is 4.57 Å². The Morgan fingerprint density at radius 3 is 2.85 bits per heavy atom. The standard InChI is InChI=1S/C15H16N2O3/c18-15(19)10-3-4-12-13(7-10)17(11-5-6-20-8-11)14(16-12)9-1-2-9/h3-4,7,9,11H,1-2,5-6,8H2,(H,18,19). The summed E-state index contributed by atoms with van der Waals surface area (Å²) in [7, 11) is 0. The van der Waals surface area contributed by atoms with Crippen LogP contribution in [0.2, 0.25) is 0 Å². The number of nitrogens with zero attached hydrogens (tertiary/aromatic N) is 2. The van der Waals surface area contributed by atoms with Gasteiger partial charge in [-0.15, -0.1) is 0 Å². The fraction of sp³-hybridized carbons (Fsp3) is 0.467. The molecule has 1 saturated carbocycles. The van der Waals surface area contributed by atoms with Crippen LogP contribution in [0.4, 0.5) is 0 Å². The van der Waals surface area contributed by atoms with Crippen LogP contribution in [0.15, 0.2) is 18.2 Å². The largest absolute Gasteiger partial charge is 0.478 e. The molecular formula is C15H16N2O3. The second-order valence-electron chi connectivity index (χ2n) is 5.64. The molecule has 1 unspecified atom stereocenters. The lowest BCUT2D eigenvalue weighted by Crippen LogP contribution is -2.12. The van der Waals surface area contributed by atoms with Crippen LogP contribution in [0, 0.1) is 0 Å². The smallest absolute Gasteiger partial charge is 0.335 e. The molecule has 2 aromatic rings. The number of carboxylic acid groups (broad SMARTS) is 1. The molecule has 1 aliphatic carbocycles. The van der Waals surface area contributed by atoms with E-state index in [0.29, 0.717) is 24.1 Å². The van der Waals surface area contributed by atoms with Crippen LogP contribution in [0.25, 0.3) is 11.0 Å². The number of aromatic carboxylic acids is 1. The third-order valence-electron chi connectivity index (χ3n) is 4.18. The van der Waals surface area contributed by atoms with Gasteiger partial charge in [0.05, 0.1) is 29.2 Å². The molecule has 104 valence electrons. The van der Waals surface area contributed by atoms with Gasteiger partial charge in [0.2, 0.25) is 0 Å². The summed E-state index contributed by atoms with van der Waals surface area (Å²) in [5.74, 6) is 0.754. The Hall–Kier alpha value is -1.88. The number of imidazole rings is 1. The molecule has 1 atom stereocenters. The number of rotatable bonds is 3. The number of benzene rings is 1. The van der Waals surface area contributed by atoms with Crippen molar-refractivity contribution < 1.29 is 14.6 Å². The third kappa shape index (κ3) is 1.81. The third-order valence-corrected chi connectivity index (χ3v) is 4.18. The monoisotopic (exact) mass is 272 g/mol. The van der Waals surface area contributed by atoms with E-state index in [-0.39, 0.29) is 0 Å². The van der Waals surface area contributed by atoms with Gasteiger partial charge in [-0.25, -0.2) is 9.78 Å².